The molecule has 0 unspecified atom stereocenters. The maximum atomic E-state index is 12.0. The maximum absolute atomic E-state index is 12.0. The highest BCUT2D eigenvalue weighted by Crippen LogP contribution is 2.14. The fourth-order valence-corrected chi connectivity index (χ4v) is 2.96. The van der Waals surface area contributed by atoms with Crippen LogP contribution < -0.4 is 10.3 Å². The zero-order valence-electron chi connectivity index (χ0n) is 12.3. The lowest BCUT2D eigenvalue weighted by Crippen LogP contribution is -2.35. The fraction of sp³-hybridized carbons (Fsp3) is 0.500. The molecule has 0 atom stereocenters. The predicted octanol–water partition coefficient (Wildman–Crippen LogP) is 1.60. The fourth-order valence-electron chi connectivity index (χ4n) is 1.99. The molecule has 2 heterocycles. The molecule has 0 aromatic carbocycles. The Hall–Kier alpha value is -1.60. The Labute approximate surface area is 127 Å². The number of aryl methyl sites for hydroxylation is 1. The smallest absolute Gasteiger partial charge is 0.225 e. The van der Waals surface area contributed by atoms with Crippen LogP contribution in [0.15, 0.2) is 11.7 Å². The molecule has 7 heteroatoms. The third-order valence-corrected chi connectivity index (χ3v) is 4.35. The van der Waals surface area contributed by atoms with E-state index in [4.69, 9.17) is 10.5 Å². The van der Waals surface area contributed by atoms with Gasteiger partial charge in [-0.1, -0.05) is 11.3 Å². The Balaban J connectivity index is 2.02. The second-order valence-electron chi connectivity index (χ2n) is 4.74. The molecule has 114 valence electrons. The highest BCUT2D eigenvalue weighted by atomic mass is 32.1. The number of nitrogens with two attached hydrogens (primary N) is 1. The molecular weight excluding hydrogens is 291 g/mol. The van der Waals surface area contributed by atoms with Crippen LogP contribution in [0.25, 0.3) is 0 Å². The first-order valence-electron chi connectivity index (χ1n) is 6.80. The second kappa shape index (κ2) is 7.42. The zero-order chi connectivity index (χ0) is 15.2. The van der Waals surface area contributed by atoms with Crippen molar-refractivity contribution in [2.75, 3.05) is 25.6 Å². The van der Waals surface area contributed by atoms with E-state index in [2.05, 4.69) is 27.0 Å². The average molecular weight is 311 g/mol. The molecule has 0 aliphatic heterocycles. The molecule has 0 spiro atoms. The molecule has 2 aromatic rings. The first-order chi connectivity index (χ1) is 10.1. The SMILES string of the molecule is Cc1ncc(C[n+]2csc(CCOCCF)c2C)c(N)n1. The van der Waals surface area contributed by atoms with E-state index in [1.807, 2.05) is 6.92 Å². The minimum absolute atomic E-state index is 0.168. The number of anilines is 1. The monoisotopic (exact) mass is 311 g/mol. The Morgan fingerprint density at radius 1 is 1.38 bits per heavy atom. The van der Waals surface area contributed by atoms with Crippen molar-refractivity contribution in [1.29, 1.82) is 0 Å². The molecule has 2 N–H and O–H groups in total. The lowest BCUT2D eigenvalue weighted by molar-refractivity contribution is -0.689. The lowest BCUT2D eigenvalue weighted by atomic mass is 10.2. The van der Waals surface area contributed by atoms with Crippen molar-refractivity contribution in [2.24, 2.45) is 0 Å². The van der Waals surface area contributed by atoms with Crippen LogP contribution >= 0.6 is 11.3 Å². The van der Waals surface area contributed by atoms with Crippen LogP contribution in [0.3, 0.4) is 0 Å². The van der Waals surface area contributed by atoms with Gasteiger partial charge in [0.15, 0.2) is 12.2 Å². The summed E-state index contributed by atoms with van der Waals surface area (Å²) in [6.45, 7) is 4.81. The molecule has 0 radical (unpaired) electrons. The van der Waals surface area contributed by atoms with Gasteiger partial charge in [-0.05, 0) is 6.92 Å². The molecule has 2 aromatic heterocycles. The minimum Gasteiger partial charge on any atom is -0.383 e. The topological polar surface area (TPSA) is 64.9 Å². The maximum Gasteiger partial charge on any atom is 0.225 e. The summed E-state index contributed by atoms with van der Waals surface area (Å²) in [7, 11) is 0. The number of aromatic nitrogens is 3. The van der Waals surface area contributed by atoms with Gasteiger partial charge in [0.2, 0.25) is 5.51 Å². The first-order valence-corrected chi connectivity index (χ1v) is 7.68. The molecule has 5 nitrogen and oxygen atoms in total. The van der Waals surface area contributed by atoms with Gasteiger partial charge in [-0.15, -0.1) is 0 Å². The van der Waals surface area contributed by atoms with Crippen LogP contribution in [-0.4, -0.2) is 29.9 Å². The van der Waals surface area contributed by atoms with E-state index in [9.17, 15) is 4.39 Å². The van der Waals surface area contributed by atoms with Gasteiger partial charge >= 0.3 is 0 Å². The first kappa shape index (κ1) is 15.8. The number of nitrogens with zero attached hydrogens (tertiary/aromatic N) is 3. The van der Waals surface area contributed by atoms with Crippen molar-refractivity contribution in [3.63, 3.8) is 0 Å². The minimum atomic E-state index is -0.434. The van der Waals surface area contributed by atoms with E-state index in [0.29, 0.717) is 24.8 Å². The summed E-state index contributed by atoms with van der Waals surface area (Å²) in [6, 6.07) is 0. The number of hydrogen-bond donors (Lipinski definition) is 1. The molecule has 0 aliphatic carbocycles. The van der Waals surface area contributed by atoms with Gasteiger partial charge in [-0.25, -0.2) is 14.4 Å². The standard InChI is InChI=1S/C14H20FN4OS/c1-10-13(3-5-20-6-4-15)21-9-19(10)8-12-7-17-11(2)18-14(12)16/h7,9H,3-6,8H2,1-2H3,(H2,16,17,18)/q+1. The molecule has 0 fully saturated rings. The molecule has 21 heavy (non-hydrogen) atoms. The van der Waals surface area contributed by atoms with Crippen LogP contribution in [0.2, 0.25) is 0 Å². The van der Waals surface area contributed by atoms with Gasteiger partial charge in [0.1, 0.15) is 18.3 Å². The van der Waals surface area contributed by atoms with Gasteiger partial charge in [-0.2, -0.15) is 4.57 Å². The van der Waals surface area contributed by atoms with Gasteiger partial charge in [0.25, 0.3) is 0 Å². The normalized spacial score (nSPS) is 11.0. The number of thiazole rings is 1. The summed E-state index contributed by atoms with van der Waals surface area (Å²) >= 11 is 1.67. The van der Waals surface area contributed by atoms with Crippen LogP contribution in [0.5, 0.6) is 0 Å². The third-order valence-electron chi connectivity index (χ3n) is 3.21. The van der Waals surface area contributed by atoms with E-state index in [-0.39, 0.29) is 6.61 Å². The Bertz CT molecular complexity index is 603. The number of alkyl halides is 1. The van der Waals surface area contributed by atoms with Crippen molar-refractivity contribution >= 4 is 17.2 Å². The zero-order valence-corrected chi connectivity index (χ0v) is 13.1. The van der Waals surface area contributed by atoms with E-state index in [1.54, 1.807) is 17.5 Å². The largest absolute Gasteiger partial charge is 0.383 e. The molecule has 2 rings (SSSR count). The van der Waals surface area contributed by atoms with Gasteiger partial charge in [0, 0.05) is 19.5 Å². The van der Waals surface area contributed by atoms with Crippen molar-refractivity contribution in [2.45, 2.75) is 26.8 Å². The van der Waals surface area contributed by atoms with E-state index in [0.717, 1.165) is 12.0 Å². The predicted molar refractivity (Wildman–Crippen MR) is 80.0 cm³/mol. The highest BCUT2D eigenvalue weighted by molar-refractivity contribution is 7.09. The summed E-state index contributed by atoms with van der Waals surface area (Å²) in [5.41, 5.74) is 10.1. The molecule has 0 saturated carbocycles. The average Bonchev–Trinajstić information content (AvgIpc) is 2.79. The van der Waals surface area contributed by atoms with E-state index < -0.39 is 6.67 Å². The summed E-state index contributed by atoms with van der Waals surface area (Å²) in [5, 5.41) is 0. The lowest BCUT2D eigenvalue weighted by Gasteiger charge is -2.02. The number of rotatable bonds is 7. The van der Waals surface area contributed by atoms with Crippen molar-refractivity contribution in [1.82, 2.24) is 9.97 Å². The number of ether oxygens (including phenoxy) is 1. The van der Waals surface area contributed by atoms with Gasteiger partial charge in [-0.3, -0.25) is 0 Å². The quantitative estimate of drug-likeness (QED) is 0.623. The number of halogens is 1. The number of nitrogen functional groups attached to an aromatic ring is 1. The molecular formula is C14H20FN4OS+. The van der Waals surface area contributed by atoms with E-state index >= 15 is 0 Å². The van der Waals surface area contributed by atoms with Crippen LogP contribution in [0.1, 0.15) is 22.0 Å². The van der Waals surface area contributed by atoms with Crippen LogP contribution in [-0.2, 0) is 17.7 Å². The molecule has 0 saturated heterocycles. The van der Waals surface area contributed by atoms with Gasteiger partial charge < -0.3 is 10.5 Å². The highest BCUT2D eigenvalue weighted by Gasteiger charge is 2.17. The summed E-state index contributed by atoms with van der Waals surface area (Å²) in [6.07, 6.45) is 2.56. The van der Waals surface area contributed by atoms with Crippen molar-refractivity contribution in [3.05, 3.63) is 33.7 Å². The summed E-state index contributed by atoms with van der Waals surface area (Å²) in [5.74, 6) is 1.20. The van der Waals surface area contributed by atoms with Crippen molar-refractivity contribution < 1.29 is 13.7 Å². The molecule has 0 aliphatic rings. The van der Waals surface area contributed by atoms with Crippen molar-refractivity contribution in [3.8, 4) is 0 Å². The summed E-state index contributed by atoms with van der Waals surface area (Å²) in [4.78, 5) is 9.60. The Morgan fingerprint density at radius 3 is 2.90 bits per heavy atom. The Kier molecular flexibility index (Phi) is 5.58. The second-order valence-corrected chi connectivity index (χ2v) is 5.68. The van der Waals surface area contributed by atoms with Crippen LogP contribution in [0, 0.1) is 13.8 Å². The third kappa shape index (κ3) is 4.18. The molecule has 0 bridgehead atoms. The number of hydrogen-bond acceptors (Lipinski definition) is 5. The van der Waals surface area contributed by atoms with E-state index in [1.165, 1.54) is 10.6 Å². The Morgan fingerprint density at radius 2 is 2.19 bits per heavy atom. The van der Waals surface area contributed by atoms with Gasteiger partial charge in [0.05, 0.1) is 23.7 Å². The molecule has 0 amide bonds. The summed E-state index contributed by atoms with van der Waals surface area (Å²) < 4.78 is 19.3. The van der Waals surface area contributed by atoms with Crippen LogP contribution in [0.4, 0.5) is 10.2 Å².